The van der Waals surface area contributed by atoms with Crippen LogP contribution in [0.1, 0.15) is 20.3 Å². The smallest absolute Gasteiger partial charge is 0.305 e. The van der Waals surface area contributed by atoms with E-state index in [0.29, 0.717) is 6.42 Å². The number of esters is 1. The first kappa shape index (κ1) is 12.2. The first-order valence-electron chi connectivity index (χ1n) is 4.10. The maximum atomic E-state index is 10.8. The lowest BCUT2D eigenvalue weighted by atomic mass is 10.4. The maximum absolute atomic E-state index is 10.8. The molecule has 0 radical (unpaired) electrons. The fraction of sp³-hybridized carbons (Fsp3) is 0.750. The Morgan fingerprint density at radius 2 is 2.15 bits per heavy atom. The SMILES string of the molecule is CCC(=O)O[C@H](CCl)CNC(C)=O. The third kappa shape index (κ3) is 6.40. The minimum Gasteiger partial charge on any atom is -0.459 e. The lowest BCUT2D eigenvalue weighted by Crippen LogP contribution is -2.34. The molecule has 76 valence electrons. The molecule has 0 aromatic carbocycles. The monoisotopic (exact) mass is 207 g/mol. The molecule has 0 aliphatic carbocycles. The van der Waals surface area contributed by atoms with Crippen LogP contribution in [0.3, 0.4) is 0 Å². The van der Waals surface area contributed by atoms with Crippen LogP contribution in [0.5, 0.6) is 0 Å². The van der Waals surface area contributed by atoms with Crippen molar-refractivity contribution in [1.82, 2.24) is 5.32 Å². The fourth-order valence-corrected chi connectivity index (χ4v) is 0.827. The summed E-state index contributed by atoms with van der Waals surface area (Å²) in [7, 11) is 0. The highest BCUT2D eigenvalue weighted by atomic mass is 35.5. The second-order valence-electron chi connectivity index (χ2n) is 2.56. The molecule has 13 heavy (non-hydrogen) atoms. The van der Waals surface area contributed by atoms with Gasteiger partial charge >= 0.3 is 5.97 Å². The van der Waals surface area contributed by atoms with Crippen LogP contribution in [0.2, 0.25) is 0 Å². The van der Waals surface area contributed by atoms with Gasteiger partial charge in [-0.25, -0.2) is 0 Å². The zero-order valence-corrected chi connectivity index (χ0v) is 8.56. The molecule has 5 heteroatoms. The Labute approximate surface area is 82.6 Å². The minimum atomic E-state index is -0.432. The molecule has 1 amide bonds. The number of alkyl halides is 1. The molecule has 4 nitrogen and oxygen atoms in total. The highest BCUT2D eigenvalue weighted by molar-refractivity contribution is 6.18. The number of amides is 1. The summed E-state index contributed by atoms with van der Waals surface area (Å²) >= 11 is 5.52. The second-order valence-corrected chi connectivity index (χ2v) is 2.87. The van der Waals surface area contributed by atoms with E-state index in [9.17, 15) is 9.59 Å². The van der Waals surface area contributed by atoms with Gasteiger partial charge in [-0.2, -0.15) is 0 Å². The molecule has 1 N–H and O–H groups in total. The third-order valence-corrected chi connectivity index (χ3v) is 1.68. The van der Waals surface area contributed by atoms with E-state index in [1.54, 1.807) is 6.92 Å². The molecule has 0 unspecified atom stereocenters. The lowest BCUT2D eigenvalue weighted by molar-refractivity contribution is -0.147. The van der Waals surface area contributed by atoms with Gasteiger partial charge in [-0.3, -0.25) is 9.59 Å². The molecule has 1 atom stereocenters. The molecule has 0 saturated heterocycles. The molecule has 0 spiro atoms. The van der Waals surface area contributed by atoms with Gasteiger partial charge in [0, 0.05) is 13.3 Å². The van der Waals surface area contributed by atoms with Gasteiger partial charge in [0.1, 0.15) is 6.10 Å². The Morgan fingerprint density at radius 3 is 2.54 bits per heavy atom. The number of carbonyl (C=O) groups is 2. The van der Waals surface area contributed by atoms with E-state index in [-0.39, 0.29) is 24.3 Å². The summed E-state index contributed by atoms with van der Waals surface area (Å²) in [5, 5.41) is 2.53. The van der Waals surface area contributed by atoms with Gasteiger partial charge in [0.15, 0.2) is 0 Å². The predicted molar refractivity (Wildman–Crippen MR) is 49.6 cm³/mol. The van der Waals surface area contributed by atoms with Crippen molar-refractivity contribution in [2.45, 2.75) is 26.4 Å². The number of halogens is 1. The van der Waals surface area contributed by atoms with Crippen molar-refractivity contribution in [3.05, 3.63) is 0 Å². The number of carbonyl (C=O) groups excluding carboxylic acids is 2. The third-order valence-electron chi connectivity index (χ3n) is 1.34. The molecule has 0 bridgehead atoms. The molecule has 0 rings (SSSR count). The average molecular weight is 208 g/mol. The Kier molecular flexibility index (Phi) is 6.32. The van der Waals surface area contributed by atoms with Crippen molar-refractivity contribution in [3.8, 4) is 0 Å². The predicted octanol–water partition coefficient (Wildman–Crippen LogP) is 0.683. The van der Waals surface area contributed by atoms with Crippen LogP contribution < -0.4 is 5.32 Å². The zero-order chi connectivity index (χ0) is 10.3. The Balaban J connectivity index is 3.75. The van der Waals surface area contributed by atoms with E-state index >= 15 is 0 Å². The van der Waals surface area contributed by atoms with Crippen LogP contribution in [0.4, 0.5) is 0 Å². The van der Waals surface area contributed by atoms with E-state index in [1.807, 2.05) is 0 Å². The molecule has 0 heterocycles. The highest BCUT2D eigenvalue weighted by Crippen LogP contribution is 1.97. The fourth-order valence-electron chi connectivity index (χ4n) is 0.655. The molecule has 0 saturated carbocycles. The van der Waals surface area contributed by atoms with Crippen LogP contribution in [-0.2, 0) is 14.3 Å². The summed E-state index contributed by atoms with van der Waals surface area (Å²) in [5.74, 6) is -0.287. The summed E-state index contributed by atoms with van der Waals surface area (Å²) in [5.41, 5.74) is 0. The van der Waals surface area contributed by atoms with Crippen LogP contribution >= 0.6 is 11.6 Å². The highest BCUT2D eigenvalue weighted by Gasteiger charge is 2.11. The topological polar surface area (TPSA) is 55.4 Å². The van der Waals surface area contributed by atoms with Crippen molar-refractivity contribution < 1.29 is 14.3 Å². The Hall–Kier alpha value is -0.770. The molecule has 0 aromatic rings. The van der Waals surface area contributed by atoms with E-state index < -0.39 is 6.10 Å². The van der Waals surface area contributed by atoms with Crippen molar-refractivity contribution in [3.63, 3.8) is 0 Å². The average Bonchev–Trinajstić information content (AvgIpc) is 2.11. The summed E-state index contributed by atoms with van der Waals surface area (Å²) in [6.45, 7) is 3.36. The normalized spacial score (nSPS) is 11.9. The van der Waals surface area contributed by atoms with Crippen LogP contribution in [-0.4, -0.2) is 30.4 Å². The first-order chi connectivity index (χ1) is 6.10. The second kappa shape index (κ2) is 6.71. The Morgan fingerprint density at radius 1 is 1.54 bits per heavy atom. The lowest BCUT2D eigenvalue weighted by Gasteiger charge is -2.14. The standard InChI is InChI=1S/C8H14ClNO3/c1-3-8(12)13-7(4-9)5-10-6(2)11/h7H,3-5H2,1-2H3,(H,10,11)/t7-/m1/s1. The van der Waals surface area contributed by atoms with Gasteiger partial charge < -0.3 is 10.1 Å². The zero-order valence-electron chi connectivity index (χ0n) is 7.80. The summed E-state index contributed by atoms with van der Waals surface area (Å²) in [6.07, 6.45) is -0.119. The van der Waals surface area contributed by atoms with Gasteiger partial charge in [0.2, 0.25) is 5.91 Å². The summed E-state index contributed by atoms with van der Waals surface area (Å²) in [6, 6.07) is 0. The summed E-state index contributed by atoms with van der Waals surface area (Å²) in [4.78, 5) is 21.4. The molecule has 0 fully saturated rings. The maximum Gasteiger partial charge on any atom is 0.305 e. The van der Waals surface area contributed by atoms with Crippen molar-refractivity contribution >= 4 is 23.5 Å². The van der Waals surface area contributed by atoms with E-state index in [4.69, 9.17) is 16.3 Å². The van der Waals surface area contributed by atoms with Gasteiger partial charge in [0.05, 0.1) is 12.4 Å². The number of rotatable bonds is 5. The van der Waals surface area contributed by atoms with Gasteiger partial charge in [-0.15, -0.1) is 11.6 Å². The van der Waals surface area contributed by atoms with Crippen molar-refractivity contribution in [1.29, 1.82) is 0 Å². The van der Waals surface area contributed by atoms with Gasteiger partial charge in [0.25, 0.3) is 0 Å². The van der Waals surface area contributed by atoms with Crippen LogP contribution in [0.25, 0.3) is 0 Å². The quantitative estimate of drug-likeness (QED) is 0.533. The van der Waals surface area contributed by atoms with Gasteiger partial charge in [-0.1, -0.05) is 6.92 Å². The number of hydrogen-bond donors (Lipinski definition) is 1. The van der Waals surface area contributed by atoms with E-state index in [0.717, 1.165) is 0 Å². The minimum absolute atomic E-state index is 0.164. The van der Waals surface area contributed by atoms with Gasteiger partial charge in [-0.05, 0) is 0 Å². The molecule has 0 aliphatic rings. The summed E-state index contributed by atoms with van der Waals surface area (Å²) < 4.78 is 4.91. The largest absolute Gasteiger partial charge is 0.459 e. The van der Waals surface area contributed by atoms with Crippen molar-refractivity contribution in [2.75, 3.05) is 12.4 Å². The van der Waals surface area contributed by atoms with Crippen LogP contribution in [0, 0.1) is 0 Å². The van der Waals surface area contributed by atoms with E-state index in [2.05, 4.69) is 5.32 Å². The van der Waals surface area contributed by atoms with Crippen molar-refractivity contribution in [2.24, 2.45) is 0 Å². The molecule has 0 aromatic heterocycles. The van der Waals surface area contributed by atoms with Crippen LogP contribution in [0.15, 0.2) is 0 Å². The number of ether oxygens (including phenoxy) is 1. The number of hydrogen-bond acceptors (Lipinski definition) is 3. The number of nitrogens with one attached hydrogen (secondary N) is 1. The molecule has 0 aliphatic heterocycles. The molecular weight excluding hydrogens is 194 g/mol. The molecular formula is C8H14ClNO3. The van der Waals surface area contributed by atoms with E-state index in [1.165, 1.54) is 6.92 Å². The first-order valence-corrected chi connectivity index (χ1v) is 4.63. The Bertz CT molecular complexity index is 184.